The van der Waals surface area contributed by atoms with Crippen LogP contribution in [0.5, 0.6) is 0 Å². The van der Waals surface area contributed by atoms with E-state index >= 15 is 0 Å². The van der Waals surface area contributed by atoms with Crippen molar-refractivity contribution >= 4 is 0 Å². The topological polar surface area (TPSA) is 73.3 Å². The van der Waals surface area contributed by atoms with Gasteiger partial charge in [-0.05, 0) is 6.92 Å². The van der Waals surface area contributed by atoms with E-state index in [1.54, 1.807) is 14.0 Å². The summed E-state index contributed by atoms with van der Waals surface area (Å²) < 4.78 is 12.0. The molecule has 1 saturated heterocycles. The molecule has 0 spiro atoms. The summed E-state index contributed by atoms with van der Waals surface area (Å²) in [7, 11) is 1.55. The summed E-state index contributed by atoms with van der Waals surface area (Å²) in [6.07, 6.45) is 2.50. The van der Waals surface area contributed by atoms with Gasteiger partial charge < -0.3 is 14.0 Å². The van der Waals surface area contributed by atoms with Crippen molar-refractivity contribution in [1.29, 1.82) is 0 Å². The van der Waals surface area contributed by atoms with Crippen LogP contribution in [0.25, 0.3) is 0 Å². The predicted octanol–water partition coefficient (Wildman–Crippen LogP) is 0.184. The monoisotopic (exact) mass is 328 g/mol. The first-order chi connectivity index (χ1) is 8.02. The van der Waals surface area contributed by atoms with Gasteiger partial charge in [-0.25, -0.2) is 4.79 Å². The third-order valence-corrected chi connectivity index (χ3v) is 2.82. The van der Waals surface area contributed by atoms with E-state index in [9.17, 15) is 9.59 Å². The molecule has 1 aromatic rings. The molecule has 18 heavy (non-hydrogen) atoms. The molecular formula is C11H15N2O4Y-. The van der Waals surface area contributed by atoms with Crippen molar-refractivity contribution in [2.24, 2.45) is 5.92 Å². The van der Waals surface area contributed by atoms with Gasteiger partial charge in [0.1, 0.15) is 6.29 Å². The number of aryl methyl sites for hydroxylation is 1. The van der Waals surface area contributed by atoms with Gasteiger partial charge in [0.25, 0.3) is 5.56 Å². The quantitative estimate of drug-likeness (QED) is 0.787. The number of nitrogens with zero attached hydrogens (tertiary/aromatic N) is 1. The van der Waals surface area contributed by atoms with E-state index in [-0.39, 0.29) is 50.5 Å². The standard InChI is InChI=1S/C11H15N2O4.Y/c1-6-4-8(17-10(6)16-3)13-5-7(2)9(14)12-11(13)15;/h4-6,8,10H,1-3H3,(H,12,14,15);/q-1;. The molecule has 2 rings (SSSR count). The van der Waals surface area contributed by atoms with Crippen LogP contribution in [0.15, 0.2) is 15.8 Å². The van der Waals surface area contributed by atoms with Crippen LogP contribution in [-0.2, 0) is 42.2 Å². The molecule has 0 bridgehead atoms. The van der Waals surface area contributed by atoms with Crippen molar-refractivity contribution in [1.82, 2.24) is 9.55 Å². The first-order valence-electron chi connectivity index (χ1n) is 5.38. The van der Waals surface area contributed by atoms with Gasteiger partial charge in [-0.2, -0.15) is 0 Å². The van der Waals surface area contributed by atoms with Crippen LogP contribution < -0.4 is 11.2 Å². The van der Waals surface area contributed by atoms with Crippen LogP contribution in [0.2, 0.25) is 0 Å². The summed E-state index contributed by atoms with van der Waals surface area (Å²) in [5, 5.41) is 0. The van der Waals surface area contributed by atoms with Gasteiger partial charge in [-0.15, -0.1) is 5.92 Å². The second-order valence-corrected chi connectivity index (χ2v) is 4.16. The van der Waals surface area contributed by atoms with Crippen LogP contribution in [0.1, 0.15) is 18.7 Å². The Labute approximate surface area is 130 Å². The van der Waals surface area contributed by atoms with E-state index in [1.807, 2.05) is 13.3 Å². The maximum atomic E-state index is 11.6. The Bertz CT molecular complexity index is 525. The predicted molar refractivity (Wildman–Crippen MR) is 60.4 cm³/mol. The second-order valence-electron chi connectivity index (χ2n) is 4.16. The zero-order chi connectivity index (χ0) is 12.6. The van der Waals surface area contributed by atoms with Gasteiger partial charge in [0, 0.05) is 57.8 Å². The molecule has 1 aromatic heterocycles. The smallest absolute Gasteiger partial charge is 0.328 e. The average Bonchev–Trinajstić information content (AvgIpc) is 2.65. The summed E-state index contributed by atoms with van der Waals surface area (Å²) in [5.74, 6) is 0.0872. The van der Waals surface area contributed by atoms with E-state index in [4.69, 9.17) is 9.47 Å². The third kappa shape index (κ3) is 2.99. The molecule has 3 atom stereocenters. The van der Waals surface area contributed by atoms with E-state index in [2.05, 4.69) is 4.98 Å². The van der Waals surface area contributed by atoms with Crippen LogP contribution in [0.4, 0.5) is 0 Å². The van der Waals surface area contributed by atoms with Crippen molar-refractivity contribution in [3.05, 3.63) is 39.0 Å². The fraction of sp³-hybridized carbons (Fsp3) is 0.545. The summed E-state index contributed by atoms with van der Waals surface area (Å²) in [5.41, 5.74) is -0.387. The first-order valence-corrected chi connectivity index (χ1v) is 5.38. The normalized spacial score (nSPS) is 26.9. The third-order valence-electron chi connectivity index (χ3n) is 2.82. The Hall–Kier alpha value is -0.296. The Kier molecular flexibility index (Phi) is 5.46. The summed E-state index contributed by atoms with van der Waals surface area (Å²) in [6.45, 7) is 3.58. The summed E-state index contributed by atoms with van der Waals surface area (Å²) in [4.78, 5) is 25.1. The van der Waals surface area contributed by atoms with Crippen LogP contribution in [0.3, 0.4) is 0 Å². The van der Waals surface area contributed by atoms with E-state index < -0.39 is 11.9 Å². The van der Waals surface area contributed by atoms with E-state index in [1.165, 1.54) is 10.8 Å². The molecule has 97 valence electrons. The maximum Gasteiger partial charge on any atom is 0.328 e. The Balaban J connectivity index is 0.00000162. The molecule has 0 saturated carbocycles. The number of hydrogen-bond donors (Lipinski definition) is 1. The van der Waals surface area contributed by atoms with Crippen molar-refractivity contribution in [3.8, 4) is 0 Å². The molecule has 1 aliphatic rings. The van der Waals surface area contributed by atoms with Crippen LogP contribution in [-0.4, -0.2) is 23.0 Å². The largest absolute Gasteiger partial charge is 0.363 e. The first kappa shape index (κ1) is 15.8. The number of hydrogen-bond acceptors (Lipinski definition) is 4. The molecule has 1 fully saturated rings. The van der Waals surface area contributed by atoms with Crippen molar-refractivity contribution in [3.63, 3.8) is 0 Å². The SMILES string of the molecule is COC1OC(n2cc(C)c(=O)[nH]c2=O)[CH-]C1C.[Y]. The van der Waals surface area contributed by atoms with E-state index in [0.29, 0.717) is 5.56 Å². The average molecular weight is 328 g/mol. The Morgan fingerprint density at radius 2 is 2.17 bits per heavy atom. The molecule has 7 heteroatoms. The zero-order valence-electron chi connectivity index (χ0n) is 10.5. The molecule has 0 aliphatic carbocycles. The molecule has 1 aliphatic heterocycles. The molecular weight excluding hydrogens is 313 g/mol. The molecule has 0 amide bonds. The molecule has 1 radical (unpaired) electrons. The zero-order valence-corrected chi connectivity index (χ0v) is 13.4. The Morgan fingerprint density at radius 1 is 1.50 bits per heavy atom. The summed E-state index contributed by atoms with van der Waals surface area (Å²) >= 11 is 0. The second kappa shape index (κ2) is 6.23. The van der Waals surface area contributed by atoms with Gasteiger partial charge >= 0.3 is 5.69 Å². The van der Waals surface area contributed by atoms with Crippen molar-refractivity contribution in [2.75, 3.05) is 7.11 Å². The number of nitrogens with one attached hydrogen (secondary N) is 1. The summed E-state index contributed by atoms with van der Waals surface area (Å²) in [6, 6.07) is 0. The number of methoxy groups -OCH3 is 1. The van der Waals surface area contributed by atoms with Gasteiger partial charge in [0.2, 0.25) is 0 Å². The molecule has 0 aromatic carbocycles. The number of aromatic nitrogens is 2. The van der Waals surface area contributed by atoms with Crippen molar-refractivity contribution < 1.29 is 42.2 Å². The minimum atomic E-state index is -0.502. The maximum absolute atomic E-state index is 11.6. The fourth-order valence-corrected chi connectivity index (χ4v) is 1.86. The van der Waals surface area contributed by atoms with Crippen LogP contribution in [0, 0.1) is 19.3 Å². The fourth-order valence-electron chi connectivity index (χ4n) is 1.86. The number of aromatic amines is 1. The molecule has 1 N–H and O–H groups in total. The number of rotatable bonds is 2. The van der Waals surface area contributed by atoms with Gasteiger partial charge in [-0.1, -0.05) is 6.92 Å². The number of H-pyrrole nitrogens is 1. The van der Waals surface area contributed by atoms with Crippen molar-refractivity contribution in [2.45, 2.75) is 26.4 Å². The van der Waals surface area contributed by atoms with E-state index in [0.717, 1.165) is 0 Å². The van der Waals surface area contributed by atoms with Gasteiger partial charge in [0.15, 0.2) is 0 Å². The molecule has 2 heterocycles. The minimum Gasteiger partial charge on any atom is -0.363 e. The van der Waals surface area contributed by atoms with Gasteiger partial charge in [0.05, 0.1) is 0 Å². The molecule has 6 nitrogen and oxygen atoms in total. The molecule has 3 unspecified atom stereocenters. The Morgan fingerprint density at radius 3 is 2.72 bits per heavy atom. The van der Waals surface area contributed by atoms with Crippen LogP contribution >= 0.6 is 0 Å². The van der Waals surface area contributed by atoms with Gasteiger partial charge in [-0.3, -0.25) is 16.2 Å². The number of ether oxygens (including phenoxy) is 2. The minimum absolute atomic E-state index is 0.